The van der Waals surface area contributed by atoms with E-state index < -0.39 is 0 Å². The Morgan fingerprint density at radius 3 is 2.53 bits per heavy atom. The first kappa shape index (κ1) is 12.9. The predicted molar refractivity (Wildman–Crippen MR) is 61.6 cm³/mol. The molecule has 0 unspecified atom stereocenters. The van der Waals surface area contributed by atoms with E-state index in [0.29, 0.717) is 12.5 Å². The topological polar surface area (TPSA) is 55.5 Å². The highest BCUT2D eigenvalue weighted by Gasteiger charge is 2.45. The van der Waals surface area contributed by atoms with Gasteiger partial charge in [-0.2, -0.15) is 0 Å². The van der Waals surface area contributed by atoms with Gasteiger partial charge >= 0.3 is 0 Å². The second kappa shape index (κ2) is 4.81. The van der Waals surface area contributed by atoms with Gasteiger partial charge in [-0.1, -0.05) is 13.8 Å². The summed E-state index contributed by atoms with van der Waals surface area (Å²) in [5.74, 6) is 0.639. The van der Waals surface area contributed by atoms with Crippen LogP contribution >= 0.6 is 0 Å². The van der Waals surface area contributed by atoms with E-state index in [2.05, 4.69) is 20.8 Å². The molecule has 0 spiro atoms. The van der Waals surface area contributed by atoms with E-state index >= 15 is 0 Å². The van der Waals surface area contributed by atoms with Crippen molar-refractivity contribution in [1.29, 1.82) is 0 Å². The highest BCUT2D eigenvalue weighted by Crippen LogP contribution is 2.45. The molecule has 3 N–H and O–H groups in total. The van der Waals surface area contributed by atoms with Gasteiger partial charge in [0.15, 0.2) is 0 Å². The average molecular weight is 215 g/mol. The van der Waals surface area contributed by atoms with Crippen molar-refractivity contribution in [3.05, 3.63) is 0 Å². The minimum Gasteiger partial charge on any atom is -0.396 e. The SMILES string of the molecule is CC(C)C[C@@]1(CCO)CO[C@@](C)(CN)C1. The molecule has 0 aromatic heterocycles. The van der Waals surface area contributed by atoms with Gasteiger partial charge in [-0.05, 0) is 37.5 Å². The van der Waals surface area contributed by atoms with E-state index in [9.17, 15) is 0 Å². The van der Waals surface area contributed by atoms with Crippen molar-refractivity contribution < 1.29 is 9.84 Å². The normalized spacial score (nSPS) is 36.4. The quantitative estimate of drug-likeness (QED) is 0.731. The van der Waals surface area contributed by atoms with Crippen LogP contribution in [0.15, 0.2) is 0 Å². The number of nitrogens with two attached hydrogens (primary N) is 1. The fourth-order valence-electron chi connectivity index (χ4n) is 2.85. The molecule has 90 valence electrons. The van der Waals surface area contributed by atoms with E-state index in [1.54, 1.807) is 0 Å². The van der Waals surface area contributed by atoms with Crippen LogP contribution in [0.3, 0.4) is 0 Å². The third-order valence-electron chi connectivity index (χ3n) is 3.39. The van der Waals surface area contributed by atoms with E-state index in [4.69, 9.17) is 15.6 Å². The van der Waals surface area contributed by atoms with Crippen LogP contribution in [0.4, 0.5) is 0 Å². The molecule has 0 radical (unpaired) electrons. The maximum absolute atomic E-state index is 9.16. The maximum Gasteiger partial charge on any atom is 0.0782 e. The number of aliphatic hydroxyl groups excluding tert-OH is 1. The first-order chi connectivity index (χ1) is 6.95. The van der Waals surface area contributed by atoms with E-state index in [0.717, 1.165) is 25.9 Å². The first-order valence-corrected chi connectivity index (χ1v) is 5.90. The van der Waals surface area contributed by atoms with Gasteiger partial charge in [-0.3, -0.25) is 0 Å². The molecule has 1 heterocycles. The molecule has 0 aliphatic carbocycles. The van der Waals surface area contributed by atoms with Gasteiger partial charge in [0.25, 0.3) is 0 Å². The van der Waals surface area contributed by atoms with E-state index in [1.165, 1.54) is 0 Å². The molecule has 2 atom stereocenters. The summed E-state index contributed by atoms with van der Waals surface area (Å²) in [7, 11) is 0. The zero-order valence-corrected chi connectivity index (χ0v) is 10.3. The molecule has 3 nitrogen and oxygen atoms in total. The Morgan fingerprint density at radius 2 is 2.13 bits per heavy atom. The zero-order chi connectivity index (χ0) is 11.5. The standard InChI is InChI=1S/C12H25NO2/c1-10(2)6-12(4-5-14)7-11(3,8-13)15-9-12/h10,14H,4-9,13H2,1-3H3/t11-,12-/m1/s1. The van der Waals surface area contributed by atoms with Crippen LogP contribution in [0.25, 0.3) is 0 Å². The van der Waals surface area contributed by atoms with Crippen molar-refractivity contribution in [2.24, 2.45) is 17.1 Å². The van der Waals surface area contributed by atoms with Crippen molar-refractivity contribution in [2.75, 3.05) is 19.8 Å². The van der Waals surface area contributed by atoms with Crippen LogP contribution in [0.1, 0.15) is 40.0 Å². The summed E-state index contributed by atoms with van der Waals surface area (Å²) in [6.07, 6.45) is 2.93. The first-order valence-electron chi connectivity index (χ1n) is 5.90. The van der Waals surface area contributed by atoms with Gasteiger partial charge in [0.1, 0.15) is 0 Å². The molecular weight excluding hydrogens is 190 g/mol. The molecule has 0 aromatic carbocycles. The highest BCUT2D eigenvalue weighted by atomic mass is 16.5. The van der Waals surface area contributed by atoms with Crippen LogP contribution in [-0.2, 0) is 4.74 Å². The summed E-state index contributed by atoms with van der Waals surface area (Å²) >= 11 is 0. The van der Waals surface area contributed by atoms with Crippen LogP contribution in [0.2, 0.25) is 0 Å². The predicted octanol–water partition coefficient (Wildman–Crippen LogP) is 1.54. The largest absolute Gasteiger partial charge is 0.396 e. The Balaban J connectivity index is 2.68. The van der Waals surface area contributed by atoms with Gasteiger partial charge in [-0.15, -0.1) is 0 Å². The van der Waals surface area contributed by atoms with Crippen LogP contribution in [0.5, 0.6) is 0 Å². The highest BCUT2D eigenvalue weighted by molar-refractivity contribution is 4.95. The molecule has 0 saturated carbocycles. The molecule has 1 aliphatic heterocycles. The van der Waals surface area contributed by atoms with Gasteiger partial charge in [0, 0.05) is 13.2 Å². The summed E-state index contributed by atoms with van der Waals surface area (Å²) in [4.78, 5) is 0. The fourth-order valence-corrected chi connectivity index (χ4v) is 2.85. The molecule has 0 amide bonds. The number of aliphatic hydroxyl groups is 1. The lowest BCUT2D eigenvalue weighted by molar-refractivity contribution is 0.0205. The van der Waals surface area contributed by atoms with Crippen LogP contribution in [-0.4, -0.2) is 30.5 Å². The molecule has 1 saturated heterocycles. The Morgan fingerprint density at radius 1 is 1.47 bits per heavy atom. The van der Waals surface area contributed by atoms with Crippen molar-refractivity contribution >= 4 is 0 Å². The molecule has 15 heavy (non-hydrogen) atoms. The van der Waals surface area contributed by atoms with Crippen molar-refractivity contribution in [3.63, 3.8) is 0 Å². The number of ether oxygens (including phenoxy) is 1. The molecular formula is C12H25NO2. The van der Waals surface area contributed by atoms with Crippen molar-refractivity contribution in [3.8, 4) is 0 Å². The Kier molecular flexibility index (Phi) is 4.15. The number of rotatable bonds is 5. The molecule has 0 aromatic rings. The second-order valence-corrected chi connectivity index (χ2v) is 5.69. The third-order valence-corrected chi connectivity index (χ3v) is 3.39. The minimum absolute atomic E-state index is 0.150. The van der Waals surface area contributed by atoms with Gasteiger partial charge in [0.2, 0.25) is 0 Å². The maximum atomic E-state index is 9.16. The number of hydrogen-bond donors (Lipinski definition) is 2. The molecule has 1 aliphatic rings. The van der Waals surface area contributed by atoms with Crippen LogP contribution < -0.4 is 5.73 Å². The smallest absolute Gasteiger partial charge is 0.0782 e. The Bertz CT molecular complexity index is 208. The van der Waals surface area contributed by atoms with E-state index in [-0.39, 0.29) is 17.6 Å². The lowest BCUT2D eigenvalue weighted by atomic mass is 9.73. The van der Waals surface area contributed by atoms with Gasteiger partial charge in [0.05, 0.1) is 12.2 Å². The lowest BCUT2D eigenvalue weighted by Gasteiger charge is -2.30. The Hall–Kier alpha value is -0.120. The van der Waals surface area contributed by atoms with Gasteiger partial charge < -0.3 is 15.6 Å². The number of hydrogen-bond acceptors (Lipinski definition) is 3. The average Bonchev–Trinajstić information content (AvgIpc) is 2.44. The molecule has 0 bridgehead atoms. The lowest BCUT2D eigenvalue weighted by Crippen LogP contribution is -2.35. The molecule has 1 fully saturated rings. The molecule has 3 heteroatoms. The van der Waals surface area contributed by atoms with Crippen molar-refractivity contribution in [2.45, 2.75) is 45.6 Å². The molecule has 1 rings (SSSR count). The van der Waals surface area contributed by atoms with E-state index in [1.807, 2.05) is 0 Å². The third kappa shape index (κ3) is 3.16. The second-order valence-electron chi connectivity index (χ2n) is 5.69. The zero-order valence-electron chi connectivity index (χ0n) is 10.3. The summed E-state index contributed by atoms with van der Waals surface area (Å²) in [6.45, 7) is 8.08. The fraction of sp³-hybridized carbons (Fsp3) is 1.00. The minimum atomic E-state index is -0.177. The summed E-state index contributed by atoms with van der Waals surface area (Å²) in [6, 6.07) is 0. The summed E-state index contributed by atoms with van der Waals surface area (Å²) in [5, 5.41) is 9.16. The Labute approximate surface area is 93.0 Å². The van der Waals surface area contributed by atoms with Crippen LogP contribution in [0, 0.1) is 11.3 Å². The summed E-state index contributed by atoms with van der Waals surface area (Å²) < 4.78 is 5.82. The van der Waals surface area contributed by atoms with Crippen molar-refractivity contribution in [1.82, 2.24) is 0 Å². The monoisotopic (exact) mass is 215 g/mol. The van der Waals surface area contributed by atoms with Gasteiger partial charge in [-0.25, -0.2) is 0 Å². The summed E-state index contributed by atoms with van der Waals surface area (Å²) in [5.41, 5.74) is 5.70.